The van der Waals surface area contributed by atoms with Crippen LogP contribution in [0.2, 0.25) is 0 Å². The molecule has 16 heavy (non-hydrogen) atoms. The van der Waals surface area contributed by atoms with Gasteiger partial charge in [0.15, 0.2) is 11.6 Å². The molecule has 0 atom stereocenters. The van der Waals surface area contributed by atoms with Crippen molar-refractivity contribution in [2.24, 2.45) is 7.05 Å². The molecule has 4 heteroatoms. The summed E-state index contributed by atoms with van der Waals surface area (Å²) in [7, 11) is 2.00. The maximum atomic E-state index is 5.55. The van der Waals surface area contributed by atoms with Crippen molar-refractivity contribution in [2.45, 2.75) is 0 Å². The summed E-state index contributed by atoms with van der Waals surface area (Å²) >= 11 is 0. The predicted molar refractivity (Wildman–Crippen MR) is 62.8 cm³/mol. The van der Waals surface area contributed by atoms with Crippen LogP contribution in [0, 0.1) is 0 Å². The van der Waals surface area contributed by atoms with Crippen LogP contribution in [-0.4, -0.2) is 9.72 Å². The van der Waals surface area contributed by atoms with E-state index in [-0.39, 0.29) is 0 Å². The Morgan fingerprint density at radius 1 is 1.25 bits per heavy atom. The van der Waals surface area contributed by atoms with Gasteiger partial charge >= 0.3 is 0 Å². The molecule has 3 rings (SSSR count). The van der Waals surface area contributed by atoms with E-state index >= 15 is 0 Å². The lowest BCUT2D eigenvalue weighted by molar-refractivity contribution is 0.433. The molecule has 0 aliphatic rings. The summed E-state index contributed by atoms with van der Waals surface area (Å²) in [4.78, 5) is 0. The molecule has 0 unspecified atom stereocenters. The number of hydrogen-bond donors (Lipinski definition) is 1. The van der Waals surface area contributed by atoms with Crippen LogP contribution in [-0.2, 0) is 7.05 Å². The molecule has 4 nitrogen and oxygen atoms in total. The first-order valence-electron chi connectivity index (χ1n) is 5.03. The molecular formula is C12H11N3O. The van der Waals surface area contributed by atoms with Gasteiger partial charge in [-0.3, -0.25) is 0 Å². The molecule has 80 valence electrons. The molecule has 0 aliphatic heterocycles. The van der Waals surface area contributed by atoms with Gasteiger partial charge in [0.05, 0.1) is 5.69 Å². The van der Waals surface area contributed by atoms with Crippen molar-refractivity contribution in [1.82, 2.24) is 9.72 Å². The molecule has 0 bridgehead atoms. The molecule has 0 aliphatic carbocycles. The van der Waals surface area contributed by atoms with Crippen molar-refractivity contribution in [3.05, 3.63) is 36.4 Å². The van der Waals surface area contributed by atoms with Crippen LogP contribution in [0.1, 0.15) is 0 Å². The van der Waals surface area contributed by atoms with Gasteiger partial charge in [0, 0.05) is 24.0 Å². The summed E-state index contributed by atoms with van der Waals surface area (Å²) in [6, 6.07) is 12.0. The van der Waals surface area contributed by atoms with Crippen LogP contribution < -0.4 is 5.73 Å². The van der Waals surface area contributed by atoms with Gasteiger partial charge in [0.1, 0.15) is 0 Å². The molecule has 2 heterocycles. The standard InChI is InChI=1S/C12H11N3O/c1-15-9-5-3-2-4-8(9)6-10(15)11-7-12(13)14-16-11/h2-7H,1H3,(H2,13,14). The summed E-state index contributed by atoms with van der Waals surface area (Å²) in [6.45, 7) is 0. The minimum absolute atomic E-state index is 0.403. The van der Waals surface area contributed by atoms with Crippen molar-refractivity contribution >= 4 is 16.7 Å². The number of para-hydroxylation sites is 1. The Morgan fingerprint density at radius 3 is 2.75 bits per heavy atom. The van der Waals surface area contributed by atoms with Gasteiger partial charge in [0.25, 0.3) is 0 Å². The molecule has 0 spiro atoms. The highest BCUT2D eigenvalue weighted by molar-refractivity contribution is 5.86. The highest BCUT2D eigenvalue weighted by atomic mass is 16.5. The smallest absolute Gasteiger partial charge is 0.185 e. The fourth-order valence-corrected chi connectivity index (χ4v) is 1.93. The van der Waals surface area contributed by atoms with Gasteiger partial charge in [0.2, 0.25) is 0 Å². The highest BCUT2D eigenvalue weighted by Crippen LogP contribution is 2.27. The van der Waals surface area contributed by atoms with Crippen molar-refractivity contribution in [1.29, 1.82) is 0 Å². The Balaban J connectivity index is 2.28. The average Bonchev–Trinajstić information content (AvgIpc) is 2.84. The number of nitrogen functional groups attached to an aromatic ring is 1. The number of anilines is 1. The largest absolute Gasteiger partial charge is 0.381 e. The molecule has 0 saturated heterocycles. The zero-order valence-corrected chi connectivity index (χ0v) is 8.84. The van der Waals surface area contributed by atoms with Crippen LogP contribution in [0.25, 0.3) is 22.4 Å². The Morgan fingerprint density at radius 2 is 2.06 bits per heavy atom. The number of nitrogens with zero attached hydrogens (tertiary/aromatic N) is 2. The summed E-state index contributed by atoms with van der Waals surface area (Å²) in [5, 5.41) is 4.87. The van der Waals surface area contributed by atoms with Crippen molar-refractivity contribution < 1.29 is 4.52 Å². The molecule has 3 aromatic rings. The van der Waals surface area contributed by atoms with E-state index in [9.17, 15) is 0 Å². The van der Waals surface area contributed by atoms with Crippen LogP contribution in [0.5, 0.6) is 0 Å². The van der Waals surface area contributed by atoms with Gasteiger partial charge < -0.3 is 14.8 Å². The summed E-state index contributed by atoms with van der Waals surface area (Å²) in [5.74, 6) is 1.09. The second-order valence-electron chi connectivity index (χ2n) is 3.76. The number of benzene rings is 1. The third-order valence-electron chi connectivity index (χ3n) is 2.73. The van der Waals surface area contributed by atoms with Gasteiger partial charge in [-0.2, -0.15) is 0 Å². The lowest BCUT2D eigenvalue weighted by atomic mass is 10.2. The second kappa shape index (κ2) is 3.13. The Hall–Kier alpha value is -2.23. The third kappa shape index (κ3) is 1.20. The van der Waals surface area contributed by atoms with Crippen molar-refractivity contribution in [3.8, 4) is 11.5 Å². The molecule has 0 amide bonds. The first-order chi connectivity index (χ1) is 7.75. The van der Waals surface area contributed by atoms with Crippen molar-refractivity contribution in [3.63, 3.8) is 0 Å². The molecular weight excluding hydrogens is 202 g/mol. The number of rotatable bonds is 1. The van der Waals surface area contributed by atoms with E-state index < -0.39 is 0 Å². The van der Waals surface area contributed by atoms with E-state index in [2.05, 4.69) is 27.9 Å². The van der Waals surface area contributed by atoms with E-state index in [4.69, 9.17) is 10.3 Å². The SMILES string of the molecule is Cn1c(-c2cc(N)no2)cc2ccccc21. The molecule has 1 aromatic carbocycles. The van der Waals surface area contributed by atoms with E-state index in [1.54, 1.807) is 6.07 Å². The monoisotopic (exact) mass is 213 g/mol. The fraction of sp³-hybridized carbons (Fsp3) is 0.0833. The van der Waals surface area contributed by atoms with Gasteiger partial charge in [-0.1, -0.05) is 23.4 Å². The van der Waals surface area contributed by atoms with Gasteiger partial charge in [-0.05, 0) is 12.1 Å². The molecule has 0 fully saturated rings. The van der Waals surface area contributed by atoms with Crippen LogP contribution >= 0.6 is 0 Å². The van der Waals surface area contributed by atoms with E-state index in [1.165, 1.54) is 5.39 Å². The third-order valence-corrected chi connectivity index (χ3v) is 2.73. The maximum Gasteiger partial charge on any atom is 0.185 e. The Kier molecular flexibility index (Phi) is 1.77. The van der Waals surface area contributed by atoms with Crippen molar-refractivity contribution in [2.75, 3.05) is 5.73 Å². The van der Waals surface area contributed by atoms with Gasteiger partial charge in [-0.15, -0.1) is 0 Å². The van der Waals surface area contributed by atoms with Crippen LogP contribution in [0.4, 0.5) is 5.82 Å². The number of nitrogens with two attached hydrogens (primary N) is 1. The molecule has 2 aromatic heterocycles. The van der Waals surface area contributed by atoms with E-state index in [0.717, 1.165) is 11.2 Å². The normalized spacial score (nSPS) is 11.1. The Labute approximate surface area is 92.3 Å². The molecule has 2 N–H and O–H groups in total. The van der Waals surface area contributed by atoms with Crippen LogP contribution in [0.15, 0.2) is 40.9 Å². The maximum absolute atomic E-state index is 5.55. The zero-order valence-electron chi connectivity index (χ0n) is 8.84. The highest BCUT2D eigenvalue weighted by Gasteiger charge is 2.11. The average molecular weight is 213 g/mol. The van der Waals surface area contributed by atoms with E-state index in [1.807, 2.05) is 19.2 Å². The summed E-state index contributed by atoms with van der Waals surface area (Å²) in [5.41, 5.74) is 7.68. The predicted octanol–water partition coefficient (Wildman–Crippen LogP) is 2.42. The topological polar surface area (TPSA) is 57.0 Å². The zero-order chi connectivity index (χ0) is 11.1. The molecule has 0 radical (unpaired) electrons. The first-order valence-corrected chi connectivity index (χ1v) is 5.03. The molecule has 0 saturated carbocycles. The quantitative estimate of drug-likeness (QED) is 0.675. The van der Waals surface area contributed by atoms with Crippen LogP contribution in [0.3, 0.4) is 0 Å². The van der Waals surface area contributed by atoms with E-state index in [0.29, 0.717) is 11.6 Å². The number of fused-ring (bicyclic) bond motifs is 1. The summed E-state index contributed by atoms with van der Waals surface area (Å²) < 4.78 is 7.23. The minimum atomic E-state index is 0.403. The number of aryl methyl sites for hydroxylation is 1. The fourth-order valence-electron chi connectivity index (χ4n) is 1.93. The summed E-state index contributed by atoms with van der Waals surface area (Å²) in [6.07, 6.45) is 0. The Bertz CT molecular complexity index is 651. The number of hydrogen-bond acceptors (Lipinski definition) is 3. The second-order valence-corrected chi connectivity index (χ2v) is 3.76. The first kappa shape index (κ1) is 9.03. The number of aromatic nitrogens is 2. The lowest BCUT2D eigenvalue weighted by Crippen LogP contribution is -1.89. The minimum Gasteiger partial charge on any atom is -0.381 e. The van der Waals surface area contributed by atoms with Gasteiger partial charge in [-0.25, -0.2) is 0 Å². The lowest BCUT2D eigenvalue weighted by Gasteiger charge is -1.99.